The summed E-state index contributed by atoms with van der Waals surface area (Å²) in [6, 6.07) is 17.0. The van der Waals surface area contributed by atoms with E-state index in [1.165, 1.54) is 51.3 Å². The van der Waals surface area contributed by atoms with Gasteiger partial charge < -0.3 is 120 Å². The van der Waals surface area contributed by atoms with Crippen LogP contribution in [0, 0.1) is 0 Å². The number of ether oxygens (including phenoxy) is 11. The van der Waals surface area contributed by atoms with Crippen molar-refractivity contribution in [3.63, 3.8) is 0 Å². The lowest BCUT2D eigenvalue weighted by Gasteiger charge is -2.20. The summed E-state index contributed by atoms with van der Waals surface area (Å²) in [5, 5.41) is 5.41. The molecule has 5 aromatic heterocycles. The van der Waals surface area contributed by atoms with E-state index in [0.29, 0.717) is 64.0 Å². The minimum Gasteiger partial charge on any atom is -0.496 e. The van der Waals surface area contributed by atoms with Crippen LogP contribution in [0.2, 0.25) is 0 Å². The molecule has 119 heavy (non-hydrogen) atoms. The molecular weight excluding hydrogens is 1540 g/mol. The summed E-state index contributed by atoms with van der Waals surface area (Å²) in [7, 11) is 9.30. The van der Waals surface area contributed by atoms with Crippen molar-refractivity contribution >= 4 is 76.6 Å². The van der Waals surface area contributed by atoms with E-state index in [9.17, 15) is 18.0 Å². The normalized spacial score (nSPS) is 11.2. The maximum absolute atomic E-state index is 13.2. The molecule has 0 saturated heterocycles. The Hall–Kier alpha value is -13.7. The first kappa shape index (κ1) is 94.1. The zero-order chi connectivity index (χ0) is 88.6. The molecule has 5 aromatic carbocycles. The van der Waals surface area contributed by atoms with Crippen LogP contribution in [0.1, 0.15) is 189 Å². The Kier molecular flexibility index (Phi) is 33.8. The van der Waals surface area contributed by atoms with Crippen LogP contribution in [-0.4, -0.2) is 105 Å². The number of carbonyl (C=O) groups is 1. The number of alkyl halides is 3. The number of nitrogen functional groups attached to an aromatic ring is 10. The second-order valence-corrected chi connectivity index (χ2v) is 28.0. The number of halogens is 3. The molecule has 5 heterocycles. The number of aromatic nitrogens is 10. The Labute approximate surface area is 690 Å². The molecule has 0 aliphatic heterocycles. The van der Waals surface area contributed by atoms with Crippen LogP contribution < -0.4 is 115 Å². The molecule has 640 valence electrons. The Bertz CT molecular complexity index is 5120. The van der Waals surface area contributed by atoms with Gasteiger partial charge in [-0.1, -0.05) is 95.7 Å². The average molecular weight is 1650 g/mol. The van der Waals surface area contributed by atoms with Gasteiger partial charge in [-0.25, -0.2) is 29.7 Å². The first-order chi connectivity index (χ1) is 56.1. The third-order valence-electron chi connectivity index (χ3n) is 17.5. The largest absolute Gasteiger partial charge is 0.496 e. The second kappa shape index (κ2) is 42.7. The number of hydrogen-bond donors (Lipinski definition) is 12. The predicted molar refractivity (Wildman–Crippen MR) is 457 cm³/mol. The van der Waals surface area contributed by atoms with E-state index in [2.05, 4.69) is 122 Å². The third kappa shape index (κ3) is 25.6. The molecule has 22 N–H and O–H groups in total. The van der Waals surface area contributed by atoms with E-state index in [0.717, 1.165) is 68.0 Å². The van der Waals surface area contributed by atoms with Crippen molar-refractivity contribution in [3.8, 4) is 86.2 Å². The van der Waals surface area contributed by atoms with E-state index < -0.39 is 11.7 Å². The molecule has 0 spiro atoms. The average Bonchev–Trinajstić information content (AvgIpc) is 0.821. The molecule has 34 nitrogen and oxygen atoms in total. The highest BCUT2D eigenvalue weighted by Crippen LogP contribution is 2.47. The minimum atomic E-state index is -4.60. The summed E-state index contributed by atoms with van der Waals surface area (Å²) in [5.74, 6) is 8.56. The summed E-state index contributed by atoms with van der Waals surface area (Å²) in [6.45, 7) is 32.4. The Morgan fingerprint density at radius 3 is 0.916 bits per heavy atom. The van der Waals surface area contributed by atoms with Gasteiger partial charge in [0.25, 0.3) is 0 Å². The number of nitrogens with one attached hydrogen (secondary N) is 2. The van der Waals surface area contributed by atoms with Gasteiger partial charge in [-0.2, -0.15) is 38.1 Å². The lowest BCUT2D eigenvalue weighted by atomic mass is 9.95. The van der Waals surface area contributed by atoms with Crippen molar-refractivity contribution in [1.29, 1.82) is 0 Å². The van der Waals surface area contributed by atoms with Gasteiger partial charge in [-0.3, -0.25) is 0 Å². The minimum absolute atomic E-state index is 0.00167. The first-order valence-corrected chi connectivity index (χ1v) is 37.3. The van der Waals surface area contributed by atoms with Gasteiger partial charge in [0.05, 0.1) is 78.3 Å². The molecule has 0 fully saturated rings. The van der Waals surface area contributed by atoms with E-state index in [-0.39, 0.29) is 124 Å². The van der Waals surface area contributed by atoms with Gasteiger partial charge in [-0.05, 0) is 104 Å². The van der Waals surface area contributed by atoms with Crippen LogP contribution in [0.15, 0.2) is 98.2 Å². The zero-order valence-electron chi connectivity index (χ0n) is 70.5. The molecule has 1 atom stereocenters. The number of urea groups is 1. The molecule has 2 amide bonds. The maximum atomic E-state index is 13.2. The second-order valence-electron chi connectivity index (χ2n) is 28.0. The van der Waals surface area contributed by atoms with Crippen LogP contribution in [0.4, 0.5) is 82.5 Å². The number of anilines is 11. The summed E-state index contributed by atoms with van der Waals surface area (Å²) in [6.07, 6.45) is 3.98. The highest BCUT2D eigenvalue weighted by atomic mass is 19.4. The molecule has 0 saturated carbocycles. The molecule has 37 heteroatoms. The predicted octanol–water partition coefficient (Wildman–Crippen LogP) is 16.5. The summed E-state index contributed by atoms with van der Waals surface area (Å²) in [4.78, 5) is 50.6. The van der Waals surface area contributed by atoms with Gasteiger partial charge in [0, 0.05) is 64.2 Å². The standard InChI is InChI=1S/C17H24N6O3.C17H24N4O3.C17H24N4O2.C16H20N4O2.C15H17F3N4O2/c1-5-20-17(24)22-11-7-12(10(9(2)3)6-13(11)25-4)26-14-8-21-16(19)23-15(14)18;1-9(2)11-6-13(23-5)12(10(3)22-4)7-14(11)24-15-8-20-17(19)21-16(15)18;1-9(2)11-7-14(12(10(3)4)6-13(11)22-5)23-15-8-20-17(19)21-16(15)18;1-5-10-6-13(11(9(2)3)7-12(10)21-4)22-14-8-19-16(18)20-15(14)17;1-7(2)8-4-11(23-3)9(15(16,17)18)5-10(8)24-12-6-21-14(20)22-13(12)19/h6-9H,5H2,1-4H3,(H2,20,22,24)(H4,18,19,21,23);6-10H,1-5H3,(H4,18,19,20,21);6-10H,1-5H3,(H4,18,19,20,21);5-9H,1H2,2-4H3,(H4,17,18,19,20);4-7H,1-3H3,(H4,19,20,21,22). The molecule has 10 rings (SSSR count). The number of benzene rings is 5. The van der Waals surface area contributed by atoms with E-state index in [1.54, 1.807) is 40.6 Å². The molecule has 10 aromatic rings. The van der Waals surface area contributed by atoms with Gasteiger partial charge in [0.2, 0.25) is 29.7 Å². The van der Waals surface area contributed by atoms with Gasteiger partial charge in [0.1, 0.15) is 63.1 Å². The van der Waals surface area contributed by atoms with Crippen LogP contribution in [0.25, 0.3) is 6.08 Å². The molecule has 1 unspecified atom stereocenters. The molecule has 0 bridgehead atoms. The van der Waals surface area contributed by atoms with Gasteiger partial charge >= 0.3 is 12.2 Å². The van der Waals surface area contributed by atoms with Crippen molar-refractivity contribution in [3.05, 3.63) is 148 Å². The zero-order valence-corrected chi connectivity index (χ0v) is 70.5. The quantitative estimate of drug-likeness (QED) is 0.0239. The number of hydrogen-bond acceptors (Lipinski definition) is 32. The fourth-order valence-corrected chi connectivity index (χ4v) is 11.2. The summed E-state index contributed by atoms with van der Waals surface area (Å²) < 4.78 is 101. The first-order valence-electron chi connectivity index (χ1n) is 37.3. The van der Waals surface area contributed by atoms with Crippen LogP contribution >= 0.6 is 0 Å². The molecule has 0 aliphatic carbocycles. The lowest BCUT2D eigenvalue weighted by Crippen LogP contribution is -2.28. The topological polar surface area (TPSA) is 532 Å². The van der Waals surface area contributed by atoms with Crippen LogP contribution in [-0.2, 0) is 10.9 Å². The third-order valence-corrected chi connectivity index (χ3v) is 17.5. The highest BCUT2D eigenvalue weighted by Gasteiger charge is 2.36. The van der Waals surface area contributed by atoms with Crippen molar-refractivity contribution in [2.75, 3.05) is 112 Å². The van der Waals surface area contributed by atoms with Gasteiger partial charge in [0.15, 0.2) is 57.8 Å². The molecule has 0 radical (unpaired) electrons. The van der Waals surface area contributed by atoms with E-state index in [4.69, 9.17) is 109 Å². The Morgan fingerprint density at radius 2 is 0.630 bits per heavy atom. The molecule has 0 aliphatic rings. The number of methoxy groups -OCH3 is 6. The van der Waals surface area contributed by atoms with Crippen LogP contribution in [0.3, 0.4) is 0 Å². The van der Waals surface area contributed by atoms with E-state index >= 15 is 0 Å². The smallest absolute Gasteiger partial charge is 0.420 e. The van der Waals surface area contributed by atoms with Crippen molar-refractivity contribution in [2.24, 2.45) is 0 Å². The number of amides is 2. The Balaban J connectivity index is 0.000000231. The fourth-order valence-electron chi connectivity index (χ4n) is 11.2. The van der Waals surface area contributed by atoms with Gasteiger partial charge in [-0.15, -0.1) is 0 Å². The fraction of sp³-hybridized carbons (Fsp3) is 0.354. The van der Waals surface area contributed by atoms with Crippen molar-refractivity contribution in [2.45, 2.75) is 145 Å². The number of rotatable bonds is 26. The van der Waals surface area contributed by atoms with E-state index in [1.807, 2.05) is 84.0 Å². The number of nitrogens with zero attached hydrogens (tertiary/aromatic N) is 10. The maximum Gasteiger partial charge on any atom is 0.420 e. The summed E-state index contributed by atoms with van der Waals surface area (Å²) in [5.41, 5.74) is 63.2. The Morgan fingerprint density at radius 1 is 0.370 bits per heavy atom. The van der Waals surface area contributed by atoms with Crippen molar-refractivity contribution in [1.82, 2.24) is 55.2 Å². The SMILES string of the molecule is C=Cc1cc(Oc2cnc(N)nc2N)c(C(C)C)cc1OC.CCNC(=O)Nc1cc(Oc2cnc(N)nc2N)c(C(C)C)cc1OC.COc1cc(C(C)C)c(Oc2cnc(N)nc2N)cc1C(C)C.COc1cc(C(C)C)c(Oc2cnc(N)nc2N)cc1C(C)OC.COc1cc(C(C)C)c(Oc2cnc(N)nc2N)cc1C(F)(F)F. The summed E-state index contributed by atoms with van der Waals surface area (Å²) >= 11 is 0. The highest BCUT2D eigenvalue weighted by molar-refractivity contribution is 5.91. The lowest BCUT2D eigenvalue weighted by molar-refractivity contribution is -0.138. The molecular formula is C82H109F3N22O12. The van der Waals surface area contributed by atoms with Crippen LogP contribution in [0.5, 0.6) is 86.2 Å². The van der Waals surface area contributed by atoms with Crippen molar-refractivity contribution < 1.29 is 70.1 Å². The monoisotopic (exact) mass is 1650 g/mol. The number of nitrogens with two attached hydrogens (primary N) is 10. The number of carbonyl (C=O) groups excluding carboxylic acids is 1.